The third-order valence-electron chi connectivity index (χ3n) is 7.71. The van der Waals surface area contributed by atoms with Crippen molar-refractivity contribution >= 4 is 22.4 Å². The van der Waals surface area contributed by atoms with Gasteiger partial charge in [0.15, 0.2) is 5.78 Å². The van der Waals surface area contributed by atoms with Gasteiger partial charge in [-0.1, -0.05) is 26.8 Å². The second-order valence-corrected chi connectivity index (χ2v) is 9.98. The van der Waals surface area contributed by atoms with Crippen LogP contribution in [0.1, 0.15) is 85.6 Å². The number of aromatic amines is 1. The van der Waals surface area contributed by atoms with Crippen LogP contribution in [0.15, 0.2) is 30.3 Å². The number of nitriles is 1. The lowest BCUT2D eigenvalue weighted by Crippen LogP contribution is -2.49. The van der Waals surface area contributed by atoms with Crippen molar-refractivity contribution in [2.45, 2.75) is 51.4 Å². The highest BCUT2D eigenvalue weighted by Gasteiger charge is 2.40. The topological polar surface area (TPSA) is 72.4 Å². The molecule has 3 heterocycles. The number of aryl methyl sites for hydroxylation is 1. The summed E-state index contributed by atoms with van der Waals surface area (Å²) in [7, 11) is 0. The first-order valence-corrected chi connectivity index (χ1v) is 12.1. The number of hydrogen-bond donors (Lipinski definition) is 1. The van der Waals surface area contributed by atoms with Gasteiger partial charge >= 0.3 is 0 Å². The van der Waals surface area contributed by atoms with Gasteiger partial charge in [-0.3, -0.25) is 9.69 Å². The number of benzene rings is 2. The van der Waals surface area contributed by atoms with Crippen molar-refractivity contribution in [2.75, 3.05) is 44.1 Å². The third-order valence-corrected chi connectivity index (χ3v) is 7.71. The number of piperidine rings is 1. The van der Waals surface area contributed by atoms with E-state index in [1.807, 2.05) is 24.8 Å². The van der Waals surface area contributed by atoms with Gasteiger partial charge in [-0.2, -0.15) is 5.26 Å². The molecule has 3 aromatic rings. The van der Waals surface area contributed by atoms with Crippen molar-refractivity contribution in [1.82, 2.24) is 9.88 Å². The highest BCUT2D eigenvalue weighted by Crippen LogP contribution is 2.46. The standard InChI is InChI=1S/C30H34N4O2/c1-4-20-16-23-24(17-26(20)34-9-7-21(8-10-34)33-11-13-36-14-12-33)30(2,3)29-27(28(23)35)22-6-5-19(18-31)15-25(22)32-29/h5-6,15-17,21,32H,4,7-14H2,1-3H3/i4D2,11D2,12D2,13D2,14D2. The third kappa shape index (κ3) is 3.56. The van der Waals surface area contributed by atoms with Crippen LogP contribution in [-0.4, -0.2) is 60.9 Å². The first-order chi connectivity index (χ1) is 21.1. The molecule has 0 bridgehead atoms. The normalized spacial score (nSPS) is 30.4. The number of nitrogens with one attached hydrogen (secondary N) is 1. The molecule has 2 fully saturated rings. The van der Waals surface area contributed by atoms with Gasteiger partial charge in [-0.05, 0) is 54.6 Å². The molecule has 1 aromatic heterocycles. The maximum Gasteiger partial charge on any atom is 0.195 e. The molecule has 0 radical (unpaired) electrons. The number of ether oxygens (including phenoxy) is 1. The molecule has 3 aliphatic rings. The maximum absolute atomic E-state index is 14.1. The van der Waals surface area contributed by atoms with Gasteiger partial charge in [0.2, 0.25) is 0 Å². The summed E-state index contributed by atoms with van der Waals surface area (Å²) in [6.45, 7) is -6.44. The smallest absolute Gasteiger partial charge is 0.195 e. The van der Waals surface area contributed by atoms with E-state index in [1.165, 1.54) is 6.92 Å². The minimum Gasteiger partial charge on any atom is -0.379 e. The molecule has 2 saturated heterocycles. The predicted octanol–water partition coefficient (Wildman–Crippen LogP) is 4.77. The van der Waals surface area contributed by atoms with E-state index in [2.05, 4.69) is 15.8 Å². The minimum absolute atomic E-state index is 0.129. The average molecular weight is 493 g/mol. The van der Waals surface area contributed by atoms with Crippen LogP contribution in [-0.2, 0) is 16.5 Å². The molecular weight excluding hydrogens is 448 g/mol. The summed E-state index contributed by atoms with van der Waals surface area (Å²) < 4.78 is 88.0. The van der Waals surface area contributed by atoms with Gasteiger partial charge in [-0.25, -0.2) is 0 Å². The van der Waals surface area contributed by atoms with E-state index in [0.29, 0.717) is 49.4 Å². The van der Waals surface area contributed by atoms with E-state index >= 15 is 0 Å². The summed E-state index contributed by atoms with van der Waals surface area (Å²) >= 11 is 0. The highest BCUT2D eigenvalue weighted by molar-refractivity contribution is 6.20. The van der Waals surface area contributed by atoms with E-state index in [9.17, 15) is 10.1 Å². The van der Waals surface area contributed by atoms with Crippen molar-refractivity contribution in [2.24, 2.45) is 0 Å². The van der Waals surface area contributed by atoms with Crippen LogP contribution in [0.2, 0.25) is 0 Å². The predicted molar refractivity (Wildman–Crippen MR) is 142 cm³/mol. The number of aromatic nitrogens is 1. The fourth-order valence-electron chi connectivity index (χ4n) is 5.74. The lowest BCUT2D eigenvalue weighted by atomic mass is 9.70. The average Bonchev–Trinajstić information content (AvgIpc) is 3.34. The Morgan fingerprint density at radius 1 is 1.22 bits per heavy atom. The summed E-state index contributed by atoms with van der Waals surface area (Å²) in [5.74, 6) is -0.253. The van der Waals surface area contributed by atoms with Crippen molar-refractivity contribution in [3.05, 3.63) is 63.8 Å². The Kier molecular flexibility index (Phi) is 3.54. The van der Waals surface area contributed by atoms with Crippen LogP contribution in [0.25, 0.3) is 10.9 Å². The summed E-state index contributed by atoms with van der Waals surface area (Å²) in [5, 5.41) is 10.1. The number of ketones is 1. The van der Waals surface area contributed by atoms with Gasteiger partial charge in [-0.15, -0.1) is 0 Å². The molecular formula is C30H34N4O2. The molecule has 2 aromatic carbocycles. The zero-order valence-corrected chi connectivity index (χ0v) is 20.5. The first-order valence-electron chi connectivity index (χ1n) is 17.1. The number of rotatable bonds is 3. The van der Waals surface area contributed by atoms with E-state index in [1.54, 1.807) is 24.3 Å². The Balaban J connectivity index is 1.39. The first kappa shape index (κ1) is 14.6. The van der Waals surface area contributed by atoms with Crippen LogP contribution in [0.5, 0.6) is 0 Å². The molecule has 0 saturated carbocycles. The molecule has 0 spiro atoms. The quantitative estimate of drug-likeness (QED) is 0.570. The van der Waals surface area contributed by atoms with Crippen molar-refractivity contribution in [3.8, 4) is 6.07 Å². The molecule has 0 unspecified atom stereocenters. The molecule has 36 heavy (non-hydrogen) atoms. The Hall–Kier alpha value is -3.14. The molecule has 0 atom stereocenters. The number of nitrogens with zero attached hydrogens (tertiary/aromatic N) is 3. The number of hydrogen-bond acceptors (Lipinski definition) is 5. The van der Waals surface area contributed by atoms with Gasteiger partial charge in [0, 0.05) is 73.6 Å². The number of H-pyrrole nitrogens is 1. The van der Waals surface area contributed by atoms with Crippen molar-refractivity contribution < 1.29 is 23.2 Å². The van der Waals surface area contributed by atoms with Crippen LogP contribution < -0.4 is 4.90 Å². The summed E-state index contributed by atoms with van der Waals surface area (Å²) in [6, 6.07) is 9.76. The summed E-state index contributed by atoms with van der Waals surface area (Å²) in [4.78, 5) is 20.0. The second kappa shape index (κ2) is 8.76. The van der Waals surface area contributed by atoms with Crippen LogP contribution in [0.3, 0.4) is 0 Å². The molecule has 6 heteroatoms. The zero-order valence-electron chi connectivity index (χ0n) is 30.5. The Morgan fingerprint density at radius 2 is 1.97 bits per heavy atom. The SMILES string of the molecule is [2H]C([2H])(C)c1cc2c(cc1N1CCC(N3C([2H])([2H])C([2H])([2H])OC([2H])([2H])C3([2H])[2H])CC1)C(C)(C)c1[nH]c3cc(C#N)ccc3c1C2=O. The number of carbonyl (C=O) groups is 1. The highest BCUT2D eigenvalue weighted by atomic mass is 16.5. The van der Waals surface area contributed by atoms with Crippen LogP contribution in [0.4, 0.5) is 5.69 Å². The Labute approximate surface area is 226 Å². The van der Waals surface area contributed by atoms with Crippen molar-refractivity contribution in [3.63, 3.8) is 0 Å². The maximum atomic E-state index is 14.1. The fourth-order valence-corrected chi connectivity index (χ4v) is 5.74. The van der Waals surface area contributed by atoms with E-state index in [4.69, 9.17) is 13.7 Å². The van der Waals surface area contributed by atoms with Crippen LogP contribution in [0, 0.1) is 11.3 Å². The molecule has 6 nitrogen and oxygen atoms in total. The van der Waals surface area contributed by atoms with Gasteiger partial charge in [0.25, 0.3) is 0 Å². The summed E-state index contributed by atoms with van der Waals surface area (Å²) in [6.07, 6.45) is -1.60. The molecule has 6 rings (SSSR count). The molecule has 2 aliphatic heterocycles. The minimum atomic E-state index is -3.13. The van der Waals surface area contributed by atoms with Crippen molar-refractivity contribution in [1.29, 1.82) is 5.26 Å². The van der Waals surface area contributed by atoms with Gasteiger partial charge < -0.3 is 14.6 Å². The number of carbonyl (C=O) groups excluding carboxylic acids is 1. The zero-order chi connectivity index (χ0) is 34.0. The fraction of sp³-hybridized carbons (Fsp3) is 0.467. The molecule has 0 amide bonds. The number of anilines is 1. The number of fused-ring (bicyclic) bond motifs is 4. The van der Waals surface area contributed by atoms with Gasteiger partial charge in [0.05, 0.1) is 35.8 Å². The van der Waals surface area contributed by atoms with E-state index < -0.39 is 43.9 Å². The van der Waals surface area contributed by atoms with Crippen LogP contribution >= 0.6 is 0 Å². The molecule has 1 aliphatic carbocycles. The van der Waals surface area contributed by atoms with Gasteiger partial charge in [0.1, 0.15) is 0 Å². The molecule has 1 N–H and O–H groups in total. The summed E-state index contributed by atoms with van der Waals surface area (Å²) in [5.41, 5.74) is 3.45. The van der Waals surface area contributed by atoms with E-state index in [-0.39, 0.29) is 37.3 Å². The van der Waals surface area contributed by atoms with E-state index in [0.717, 1.165) is 0 Å². The Bertz CT molecular complexity index is 1790. The Morgan fingerprint density at radius 3 is 2.67 bits per heavy atom. The number of morpholine rings is 1. The largest absolute Gasteiger partial charge is 0.379 e. The lowest BCUT2D eigenvalue weighted by molar-refractivity contribution is 0.0115. The lowest BCUT2D eigenvalue weighted by Gasteiger charge is -2.42. The monoisotopic (exact) mass is 492 g/mol. The molecule has 186 valence electrons. The second-order valence-electron chi connectivity index (χ2n) is 9.98.